The van der Waals surface area contributed by atoms with Crippen LogP contribution in [0.2, 0.25) is 0 Å². The molecule has 28 heavy (non-hydrogen) atoms. The van der Waals surface area contributed by atoms with Crippen molar-refractivity contribution < 1.29 is 4.39 Å². The lowest BCUT2D eigenvalue weighted by Crippen LogP contribution is -2.47. The summed E-state index contributed by atoms with van der Waals surface area (Å²) in [5.41, 5.74) is 1.72. The van der Waals surface area contributed by atoms with Gasteiger partial charge in [0.1, 0.15) is 5.82 Å². The number of piperazine rings is 1. The van der Waals surface area contributed by atoms with E-state index in [4.69, 9.17) is 4.98 Å². The molecule has 144 valence electrons. The fraction of sp³-hybridized carbons (Fsp3) is 0.286. The number of anilines is 4. The van der Waals surface area contributed by atoms with E-state index in [-0.39, 0.29) is 5.82 Å². The smallest absolute Gasteiger partial charge is 0.247 e. The van der Waals surface area contributed by atoms with E-state index in [1.165, 1.54) is 6.07 Å². The van der Waals surface area contributed by atoms with E-state index < -0.39 is 0 Å². The Morgan fingerprint density at radius 3 is 2.32 bits per heavy atom. The Kier molecular flexibility index (Phi) is 5.32. The van der Waals surface area contributed by atoms with Gasteiger partial charge in [0, 0.05) is 38.4 Å². The van der Waals surface area contributed by atoms with Gasteiger partial charge in [0.25, 0.3) is 0 Å². The van der Waals surface area contributed by atoms with Gasteiger partial charge in [0.15, 0.2) is 5.82 Å². The molecule has 0 bridgehead atoms. The Morgan fingerprint density at radius 1 is 0.929 bits per heavy atom. The molecule has 0 amide bonds. The maximum absolute atomic E-state index is 14.0. The third-order valence-electron chi connectivity index (χ3n) is 4.95. The number of benzene rings is 2. The standard InChI is InChI=1S/C21H23FN6/c1-2-28(17-8-4-3-5-9-17)20-16-23-25-21(24-20)27-14-12-26(13-15-27)19-11-7-6-10-18(19)22/h3-11,16H,2,12-15H2,1H3. The number of hydrogen-bond donors (Lipinski definition) is 0. The molecular weight excluding hydrogens is 355 g/mol. The lowest BCUT2D eigenvalue weighted by molar-refractivity contribution is 0.592. The summed E-state index contributed by atoms with van der Waals surface area (Å²) < 4.78 is 14.0. The molecule has 2 heterocycles. The molecule has 0 spiro atoms. The second-order valence-electron chi connectivity index (χ2n) is 6.62. The molecule has 1 aliphatic heterocycles. The number of nitrogens with zero attached hydrogens (tertiary/aromatic N) is 6. The summed E-state index contributed by atoms with van der Waals surface area (Å²) in [6, 6.07) is 17.0. The molecule has 1 fully saturated rings. The lowest BCUT2D eigenvalue weighted by Gasteiger charge is -2.36. The fourth-order valence-corrected chi connectivity index (χ4v) is 3.49. The molecule has 1 aliphatic rings. The second kappa shape index (κ2) is 8.21. The summed E-state index contributed by atoms with van der Waals surface area (Å²) in [4.78, 5) is 11.0. The molecule has 7 heteroatoms. The van der Waals surface area contributed by atoms with Crippen LogP contribution in [0.5, 0.6) is 0 Å². The minimum atomic E-state index is -0.183. The highest BCUT2D eigenvalue weighted by Crippen LogP contribution is 2.25. The minimum absolute atomic E-state index is 0.183. The van der Waals surface area contributed by atoms with Gasteiger partial charge < -0.3 is 14.7 Å². The summed E-state index contributed by atoms with van der Waals surface area (Å²) in [6.45, 7) is 5.73. The van der Waals surface area contributed by atoms with Gasteiger partial charge in [0.2, 0.25) is 5.95 Å². The number of rotatable bonds is 5. The van der Waals surface area contributed by atoms with Crippen molar-refractivity contribution in [2.24, 2.45) is 0 Å². The Morgan fingerprint density at radius 2 is 1.61 bits per heavy atom. The molecule has 0 unspecified atom stereocenters. The van der Waals surface area contributed by atoms with Crippen molar-refractivity contribution in [1.82, 2.24) is 15.2 Å². The van der Waals surface area contributed by atoms with Gasteiger partial charge in [-0.25, -0.2) is 4.39 Å². The maximum atomic E-state index is 14.0. The minimum Gasteiger partial charge on any atom is -0.366 e. The average molecular weight is 378 g/mol. The highest BCUT2D eigenvalue weighted by atomic mass is 19.1. The summed E-state index contributed by atoms with van der Waals surface area (Å²) in [7, 11) is 0. The number of aromatic nitrogens is 3. The molecule has 1 saturated heterocycles. The Bertz CT molecular complexity index is 912. The highest BCUT2D eigenvalue weighted by molar-refractivity contribution is 5.60. The van der Waals surface area contributed by atoms with Crippen LogP contribution in [0.4, 0.5) is 27.5 Å². The first-order chi connectivity index (χ1) is 13.8. The SMILES string of the molecule is CCN(c1ccccc1)c1cnnc(N2CCN(c3ccccc3F)CC2)n1. The summed E-state index contributed by atoms with van der Waals surface area (Å²) in [5, 5.41) is 8.41. The highest BCUT2D eigenvalue weighted by Gasteiger charge is 2.22. The molecular formula is C21H23FN6. The van der Waals surface area contributed by atoms with Gasteiger partial charge >= 0.3 is 0 Å². The van der Waals surface area contributed by atoms with Crippen molar-refractivity contribution in [2.75, 3.05) is 47.4 Å². The monoisotopic (exact) mass is 378 g/mol. The number of halogens is 1. The van der Waals surface area contributed by atoms with Crippen LogP contribution in [0.15, 0.2) is 60.8 Å². The predicted molar refractivity (Wildman–Crippen MR) is 110 cm³/mol. The van der Waals surface area contributed by atoms with Crippen molar-refractivity contribution in [3.05, 3.63) is 66.6 Å². The molecule has 0 saturated carbocycles. The molecule has 2 aromatic carbocycles. The molecule has 0 atom stereocenters. The first kappa shape index (κ1) is 18.2. The van der Waals surface area contributed by atoms with E-state index in [1.807, 2.05) is 30.3 Å². The van der Waals surface area contributed by atoms with Crippen LogP contribution in [-0.4, -0.2) is 47.9 Å². The molecule has 4 rings (SSSR count). The average Bonchev–Trinajstić information content (AvgIpc) is 2.76. The van der Waals surface area contributed by atoms with E-state index in [0.717, 1.165) is 31.1 Å². The Balaban J connectivity index is 1.49. The summed E-state index contributed by atoms with van der Waals surface area (Å²) >= 11 is 0. The summed E-state index contributed by atoms with van der Waals surface area (Å²) in [6.07, 6.45) is 1.69. The van der Waals surface area contributed by atoms with Crippen LogP contribution in [0.25, 0.3) is 0 Å². The van der Waals surface area contributed by atoms with Crippen LogP contribution >= 0.6 is 0 Å². The van der Waals surface area contributed by atoms with Crippen LogP contribution in [0, 0.1) is 5.82 Å². The van der Waals surface area contributed by atoms with Crippen molar-refractivity contribution in [1.29, 1.82) is 0 Å². The first-order valence-corrected chi connectivity index (χ1v) is 9.53. The largest absolute Gasteiger partial charge is 0.366 e. The van der Waals surface area contributed by atoms with Crippen LogP contribution in [-0.2, 0) is 0 Å². The van der Waals surface area contributed by atoms with E-state index in [1.54, 1.807) is 12.3 Å². The van der Waals surface area contributed by atoms with Gasteiger partial charge in [-0.15, -0.1) is 5.10 Å². The second-order valence-corrected chi connectivity index (χ2v) is 6.62. The van der Waals surface area contributed by atoms with Crippen LogP contribution in [0.3, 0.4) is 0 Å². The van der Waals surface area contributed by atoms with E-state index in [9.17, 15) is 4.39 Å². The Hall–Kier alpha value is -3.22. The molecule has 6 nitrogen and oxygen atoms in total. The summed E-state index contributed by atoms with van der Waals surface area (Å²) in [5.74, 6) is 1.20. The van der Waals surface area contributed by atoms with E-state index >= 15 is 0 Å². The van der Waals surface area contributed by atoms with Crippen molar-refractivity contribution in [3.8, 4) is 0 Å². The number of hydrogen-bond acceptors (Lipinski definition) is 6. The molecule has 0 aliphatic carbocycles. The van der Waals surface area contributed by atoms with Gasteiger partial charge in [0.05, 0.1) is 11.9 Å². The predicted octanol–water partition coefficient (Wildman–Crippen LogP) is 3.50. The normalized spacial score (nSPS) is 14.2. The van der Waals surface area contributed by atoms with Gasteiger partial charge in [-0.05, 0) is 31.2 Å². The third kappa shape index (κ3) is 3.74. The third-order valence-corrected chi connectivity index (χ3v) is 4.95. The first-order valence-electron chi connectivity index (χ1n) is 9.53. The zero-order chi connectivity index (χ0) is 19.3. The lowest BCUT2D eigenvalue weighted by atomic mass is 10.2. The Labute approximate surface area is 164 Å². The quantitative estimate of drug-likeness (QED) is 0.677. The topological polar surface area (TPSA) is 48.4 Å². The van der Waals surface area contributed by atoms with Gasteiger partial charge in [-0.3, -0.25) is 0 Å². The fourth-order valence-electron chi connectivity index (χ4n) is 3.49. The van der Waals surface area contributed by atoms with Crippen molar-refractivity contribution >= 4 is 23.1 Å². The molecule has 0 N–H and O–H groups in total. The van der Waals surface area contributed by atoms with Crippen LogP contribution < -0.4 is 14.7 Å². The van der Waals surface area contributed by atoms with Gasteiger partial charge in [-0.1, -0.05) is 30.3 Å². The number of para-hydroxylation sites is 2. The van der Waals surface area contributed by atoms with Gasteiger partial charge in [-0.2, -0.15) is 10.1 Å². The van der Waals surface area contributed by atoms with Crippen molar-refractivity contribution in [3.63, 3.8) is 0 Å². The zero-order valence-corrected chi connectivity index (χ0v) is 15.9. The molecule has 1 aromatic heterocycles. The van der Waals surface area contributed by atoms with E-state index in [2.05, 4.69) is 44.0 Å². The maximum Gasteiger partial charge on any atom is 0.247 e. The molecule has 3 aromatic rings. The van der Waals surface area contributed by atoms with Crippen LogP contribution in [0.1, 0.15) is 6.92 Å². The van der Waals surface area contributed by atoms with E-state index in [0.29, 0.717) is 24.7 Å². The molecule has 0 radical (unpaired) electrons. The zero-order valence-electron chi connectivity index (χ0n) is 15.9. The van der Waals surface area contributed by atoms with Crippen molar-refractivity contribution in [2.45, 2.75) is 6.92 Å².